The van der Waals surface area contributed by atoms with Gasteiger partial charge in [-0.3, -0.25) is 20.0 Å². The summed E-state index contributed by atoms with van der Waals surface area (Å²) in [5.41, 5.74) is 12.0. The first-order valence-electron chi connectivity index (χ1n) is 43.7. The number of hydrogen-bond donors (Lipinski definition) is 4. The molecule has 2 aliphatic rings. The van der Waals surface area contributed by atoms with E-state index in [1.807, 2.05) is 24.9 Å². The Morgan fingerprint density at radius 2 is 0.352 bits per heavy atom. The fraction of sp³-hybridized carbons (Fsp3) is 0.731. The minimum absolute atomic E-state index is 0. The summed E-state index contributed by atoms with van der Waals surface area (Å²) in [4.78, 5) is 21.0. The molecule has 0 aromatic heterocycles. The van der Waals surface area contributed by atoms with Crippen LogP contribution >= 0.6 is 0 Å². The van der Waals surface area contributed by atoms with Crippen LogP contribution in [0.15, 0.2) is 68.5 Å². The summed E-state index contributed by atoms with van der Waals surface area (Å²) in [5.74, 6) is 1.39. The average Bonchev–Trinajstić information content (AvgIpc) is 0.782. The van der Waals surface area contributed by atoms with Gasteiger partial charge in [-0.1, -0.05) is 327 Å². The van der Waals surface area contributed by atoms with Crippen LogP contribution in [-0.4, -0.2) is 102 Å². The molecule has 2 aliphatic carbocycles. The van der Waals surface area contributed by atoms with Gasteiger partial charge < -0.3 is 53.3 Å². The topological polar surface area (TPSA) is 319 Å². The second-order valence-corrected chi connectivity index (χ2v) is 50.8. The molecule has 0 unspecified atom stereocenters. The maximum Gasteiger partial charge on any atom is 0.128 e. The van der Waals surface area contributed by atoms with Crippen LogP contribution in [0, 0.1) is 131 Å². The molecule has 0 saturated heterocycles. The predicted molar refractivity (Wildman–Crippen MR) is 513 cm³/mol. The largest absolute Gasteiger partial charge is 0.507 e. The predicted octanol–water partition coefficient (Wildman–Crippen LogP) is 24.7. The number of benzene rings is 4. The second-order valence-electron chi connectivity index (χ2n) is 50.8. The van der Waals surface area contributed by atoms with E-state index in [1.165, 1.54) is 22.3 Å². The van der Waals surface area contributed by atoms with Crippen LogP contribution in [0.5, 0.6) is 23.0 Å². The molecular formula is C104H184Ac2Co2N4O10. The minimum atomic E-state index is -0.227. The van der Waals surface area contributed by atoms with Crippen molar-refractivity contribution in [2.45, 2.75) is 447 Å². The van der Waals surface area contributed by atoms with Gasteiger partial charge in [0, 0.05) is 191 Å². The van der Waals surface area contributed by atoms with Crippen LogP contribution in [0.25, 0.3) is 0 Å². The second kappa shape index (κ2) is 48.2. The summed E-state index contributed by atoms with van der Waals surface area (Å²) in [5, 5.41) is 48.0. The van der Waals surface area contributed by atoms with E-state index in [4.69, 9.17) is 20.0 Å². The molecule has 4 aromatic rings. The van der Waals surface area contributed by atoms with Crippen LogP contribution in [0.1, 0.15) is 446 Å². The first kappa shape index (κ1) is 131. The number of aliphatic imine (C=N–C) groups is 4. The summed E-state index contributed by atoms with van der Waals surface area (Å²) in [6, 6.07) is 17.8. The molecule has 122 heavy (non-hydrogen) atoms. The van der Waals surface area contributed by atoms with Gasteiger partial charge in [0.15, 0.2) is 0 Å². The Balaban J connectivity index is -0.000000510. The number of aromatic hydroxyl groups is 4. The Morgan fingerprint density at radius 1 is 0.230 bits per heavy atom. The number of phenolic OH excluding ortho intramolecular Hbond substituents is 4. The van der Waals surface area contributed by atoms with Crippen molar-refractivity contribution in [3.8, 4) is 23.0 Å². The molecule has 0 amide bonds. The molecular weight excluding hydrogens is 2040 g/mol. The molecule has 0 bridgehead atoms. The van der Waals surface area contributed by atoms with E-state index in [0.29, 0.717) is 23.0 Å². The van der Waals surface area contributed by atoms with Crippen molar-refractivity contribution in [3.05, 3.63) is 115 Å². The molecule has 0 heterocycles. The molecule has 0 spiro atoms. The van der Waals surface area contributed by atoms with Gasteiger partial charge in [0.2, 0.25) is 0 Å². The van der Waals surface area contributed by atoms with Crippen LogP contribution in [-0.2, 0) is 76.9 Å². The standard InChI is InChI=1S/2C52H86N2O2.2Ac.2Co.6H2O/c2*1-45(2,3)31-49(13,14)37-25-35(43(55)39(27-37)51(17,18)33-47(7,8)9)29-53-41-23-21-22-24-42(41)54-30-36-26-38(50(15,16)32-46(4,5)6)28-40(44(36)56)52(19,20)34-48(10,11)12;;;;;;;;;;/h2*25-30,41-42,55-56H,21-24,31-34H2,1-20H3;;;;;6*1H2/t2*41-,42-;;;;;;;;;;/m00........../s1. The molecule has 6 rings (SSSR count). The molecule has 704 valence electrons. The maximum absolute atomic E-state index is 12.0. The van der Waals surface area contributed by atoms with Gasteiger partial charge in [-0.15, -0.1) is 0 Å². The van der Waals surface area contributed by atoms with Crippen molar-refractivity contribution >= 4 is 24.9 Å². The Morgan fingerprint density at radius 3 is 0.475 bits per heavy atom. The Bertz CT molecular complexity index is 3470. The molecule has 14 nitrogen and oxygen atoms in total. The zero-order valence-corrected chi connectivity index (χ0v) is 96.5. The third-order valence-corrected chi connectivity index (χ3v) is 23.4. The molecule has 18 heteroatoms. The van der Waals surface area contributed by atoms with Crippen molar-refractivity contribution in [1.29, 1.82) is 0 Å². The summed E-state index contributed by atoms with van der Waals surface area (Å²) in [6.45, 7) is 91.9. The first-order valence-corrected chi connectivity index (χ1v) is 43.7. The van der Waals surface area contributed by atoms with Crippen molar-refractivity contribution in [3.63, 3.8) is 0 Å². The van der Waals surface area contributed by atoms with E-state index < -0.39 is 0 Å². The Hall–Kier alpha value is -1.58. The van der Waals surface area contributed by atoms with Gasteiger partial charge in [0.1, 0.15) is 23.0 Å². The quantitative estimate of drug-likeness (QED) is 0.0497. The number of phenols is 4. The SMILES string of the molecule is CC(C)(C)CC(C)(C)c1cc(C=N[C@H]2CCCC[C@@H]2N=Cc2cc(C(C)(C)CC(C)(C)C)cc(C(C)(C)CC(C)(C)C)c2O)c(O)c(C(C)(C)CC(C)(C)C)c1.CC(C)(C)CC(C)(C)c1cc(C=N[C@H]2CCCC[C@@H]2N=Cc2cc(C(C)(C)CC(C)(C)C)cc(C(C)(C)CC(C)(C)C)c2O)c(O)c(C(C)(C)CC(C)(C)C)c1.O.O.O.O.O.O.[Ac].[Ac].[Co].[Co]. The van der Waals surface area contributed by atoms with Crippen LogP contribution in [0.3, 0.4) is 0 Å². The van der Waals surface area contributed by atoms with E-state index in [2.05, 4.69) is 325 Å². The minimum Gasteiger partial charge on any atom is -0.507 e. The van der Waals surface area contributed by atoms with Gasteiger partial charge in [0.25, 0.3) is 0 Å². The van der Waals surface area contributed by atoms with Gasteiger partial charge in [-0.05, 0) is 210 Å². The van der Waals surface area contributed by atoms with Gasteiger partial charge >= 0.3 is 0 Å². The molecule has 4 aromatic carbocycles. The average molecular weight is 2220 g/mol. The van der Waals surface area contributed by atoms with E-state index in [1.54, 1.807) is 0 Å². The summed E-state index contributed by atoms with van der Waals surface area (Å²) >= 11 is 0. The monoisotopic (exact) mass is 2220 g/mol. The maximum atomic E-state index is 12.0. The zero-order valence-electron chi connectivity index (χ0n) is 85.0. The van der Waals surface area contributed by atoms with Crippen LogP contribution in [0.4, 0.5) is 0 Å². The molecule has 2 fully saturated rings. The zero-order chi connectivity index (χ0) is 86.2. The fourth-order valence-corrected chi connectivity index (χ4v) is 21.6. The van der Waals surface area contributed by atoms with E-state index in [9.17, 15) is 20.4 Å². The van der Waals surface area contributed by atoms with Crippen LogP contribution in [0.2, 0.25) is 0 Å². The van der Waals surface area contributed by atoms with Crippen molar-refractivity contribution in [2.24, 2.45) is 63.3 Å². The van der Waals surface area contributed by atoms with Gasteiger partial charge in [-0.2, -0.15) is 0 Å². The van der Waals surface area contributed by atoms with E-state index >= 15 is 0 Å². The Kier molecular flexibility index (Phi) is 51.8. The Labute approximate surface area is 839 Å². The summed E-state index contributed by atoms with van der Waals surface area (Å²) in [6.07, 6.45) is 23.9. The number of rotatable bonds is 24. The molecule has 16 N–H and O–H groups in total. The third-order valence-electron chi connectivity index (χ3n) is 23.4. The van der Waals surface area contributed by atoms with E-state index in [0.717, 1.165) is 147 Å². The first-order chi connectivity index (χ1) is 50.0. The van der Waals surface area contributed by atoms with Gasteiger partial charge in [0.05, 0.1) is 24.2 Å². The van der Waals surface area contributed by atoms with Gasteiger partial charge in [-0.25, -0.2) is 0 Å². The molecule has 2 saturated carbocycles. The third kappa shape index (κ3) is 40.6. The number of hydrogen-bond acceptors (Lipinski definition) is 8. The summed E-state index contributed by atoms with van der Waals surface area (Å²) < 4.78 is 0. The normalized spacial score (nSPS) is 17.2. The fourth-order valence-electron chi connectivity index (χ4n) is 21.6. The van der Waals surface area contributed by atoms with E-state index in [-0.39, 0.29) is 265 Å². The van der Waals surface area contributed by atoms with Crippen molar-refractivity contribution in [1.82, 2.24) is 0 Å². The smallest absolute Gasteiger partial charge is 0.128 e. The van der Waals surface area contributed by atoms with Crippen LogP contribution < -0.4 is 0 Å². The number of nitrogens with zero attached hydrogens (tertiary/aromatic N) is 4. The molecule has 4 atom stereocenters. The van der Waals surface area contributed by atoms with Crippen molar-refractivity contribution < 1.29 is 175 Å². The summed E-state index contributed by atoms with van der Waals surface area (Å²) in [7, 11) is 0. The molecule has 0 aliphatic heterocycles. The molecule has 4 radical (unpaired) electrons. The van der Waals surface area contributed by atoms with Crippen molar-refractivity contribution in [2.75, 3.05) is 0 Å².